The maximum absolute atomic E-state index is 12.8. The van der Waals surface area contributed by atoms with Crippen LogP contribution in [-0.4, -0.2) is 30.5 Å². The standard InChI is InChI=1S/C16H22F3N3.HI/c1-15(2,10-21-14(20)22(3)13-7-8-13)11-5-4-6-12(9-11)16(17,18)19;/h4-6,9,13H,7-8,10H2,1-3H3,(H2,20,21);1H. The zero-order chi connectivity index (χ0) is 16.5. The maximum Gasteiger partial charge on any atom is 0.416 e. The first-order chi connectivity index (χ1) is 10.1. The Morgan fingerprint density at radius 3 is 2.35 bits per heavy atom. The monoisotopic (exact) mass is 441 g/mol. The third kappa shape index (κ3) is 5.26. The number of alkyl halides is 3. The molecule has 1 saturated carbocycles. The van der Waals surface area contributed by atoms with Gasteiger partial charge in [0.05, 0.1) is 12.1 Å². The molecule has 0 atom stereocenters. The summed E-state index contributed by atoms with van der Waals surface area (Å²) in [7, 11) is 1.90. The number of nitrogens with zero attached hydrogens (tertiary/aromatic N) is 2. The van der Waals surface area contributed by atoms with Gasteiger partial charge in [0, 0.05) is 18.5 Å². The molecule has 1 aliphatic rings. The Morgan fingerprint density at radius 1 is 1.26 bits per heavy atom. The number of nitrogens with two attached hydrogens (primary N) is 1. The Labute approximate surface area is 152 Å². The SMILES string of the molecule is CN(C(N)=NCC(C)(C)c1cccc(C(F)(F)F)c1)C1CC1.I. The fourth-order valence-corrected chi connectivity index (χ4v) is 2.25. The Hall–Kier alpha value is -0.990. The van der Waals surface area contributed by atoms with Gasteiger partial charge in [-0.3, -0.25) is 4.99 Å². The largest absolute Gasteiger partial charge is 0.416 e. The molecule has 0 aliphatic heterocycles. The summed E-state index contributed by atoms with van der Waals surface area (Å²) in [5.41, 5.74) is 5.39. The van der Waals surface area contributed by atoms with Gasteiger partial charge >= 0.3 is 6.18 Å². The summed E-state index contributed by atoms with van der Waals surface area (Å²) in [5, 5.41) is 0. The summed E-state index contributed by atoms with van der Waals surface area (Å²) < 4.78 is 38.5. The van der Waals surface area contributed by atoms with E-state index in [1.54, 1.807) is 6.07 Å². The molecule has 0 radical (unpaired) electrons. The predicted molar refractivity (Wildman–Crippen MR) is 97.2 cm³/mol. The molecule has 3 nitrogen and oxygen atoms in total. The first-order valence-corrected chi connectivity index (χ1v) is 7.32. The Morgan fingerprint density at radius 2 is 1.83 bits per heavy atom. The van der Waals surface area contributed by atoms with Gasteiger partial charge in [-0.15, -0.1) is 24.0 Å². The van der Waals surface area contributed by atoms with Crippen LogP contribution in [0.2, 0.25) is 0 Å². The van der Waals surface area contributed by atoms with Gasteiger partial charge in [-0.2, -0.15) is 13.2 Å². The highest BCUT2D eigenvalue weighted by Gasteiger charge is 2.32. The Balaban J connectivity index is 0.00000264. The van der Waals surface area contributed by atoms with E-state index in [4.69, 9.17) is 5.73 Å². The second-order valence-electron chi connectivity index (χ2n) is 6.48. The molecule has 23 heavy (non-hydrogen) atoms. The third-order valence-electron chi connectivity index (χ3n) is 4.06. The molecule has 0 aromatic heterocycles. The second-order valence-corrected chi connectivity index (χ2v) is 6.48. The van der Waals surface area contributed by atoms with Crippen molar-refractivity contribution in [3.05, 3.63) is 35.4 Å². The minimum Gasteiger partial charge on any atom is -0.370 e. The lowest BCUT2D eigenvalue weighted by Crippen LogP contribution is -2.37. The van der Waals surface area contributed by atoms with Crippen molar-refractivity contribution >= 4 is 29.9 Å². The van der Waals surface area contributed by atoms with Gasteiger partial charge < -0.3 is 10.6 Å². The topological polar surface area (TPSA) is 41.6 Å². The van der Waals surface area contributed by atoms with E-state index >= 15 is 0 Å². The average molecular weight is 441 g/mol. The fraction of sp³-hybridized carbons (Fsp3) is 0.562. The summed E-state index contributed by atoms with van der Waals surface area (Å²) in [6.45, 7) is 4.09. The van der Waals surface area contributed by atoms with Gasteiger partial charge in [0.25, 0.3) is 0 Å². The lowest BCUT2D eigenvalue weighted by Gasteiger charge is -2.25. The van der Waals surface area contributed by atoms with E-state index in [0.29, 0.717) is 24.1 Å². The van der Waals surface area contributed by atoms with Crippen molar-refractivity contribution in [2.24, 2.45) is 10.7 Å². The molecule has 0 unspecified atom stereocenters. The number of hydrogen-bond donors (Lipinski definition) is 1. The van der Waals surface area contributed by atoms with E-state index in [2.05, 4.69) is 4.99 Å². The summed E-state index contributed by atoms with van der Waals surface area (Å²) in [4.78, 5) is 6.30. The molecule has 1 aromatic rings. The summed E-state index contributed by atoms with van der Waals surface area (Å²) in [5.74, 6) is 0.447. The van der Waals surface area contributed by atoms with Crippen molar-refractivity contribution in [1.82, 2.24) is 4.90 Å². The summed E-state index contributed by atoms with van der Waals surface area (Å²) >= 11 is 0. The van der Waals surface area contributed by atoms with Gasteiger partial charge in [0.1, 0.15) is 0 Å². The van der Waals surface area contributed by atoms with Crippen LogP contribution in [0.3, 0.4) is 0 Å². The molecule has 1 aromatic carbocycles. The Kier molecular flexibility index (Phi) is 6.34. The van der Waals surface area contributed by atoms with Crippen LogP contribution in [0.15, 0.2) is 29.3 Å². The van der Waals surface area contributed by atoms with Crippen molar-refractivity contribution in [1.29, 1.82) is 0 Å². The van der Waals surface area contributed by atoms with Gasteiger partial charge in [-0.25, -0.2) is 0 Å². The minimum absolute atomic E-state index is 0. The maximum atomic E-state index is 12.8. The van der Waals surface area contributed by atoms with E-state index in [1.165, 1.54) is 12.1 Å². The number of guanidine groups is 1. The highest BCUT2D eigenvalue weighted by molar-refractivity contribution is 14.0. The highest BCUT2D eigenvalue weighted by Crippen LogP contribution is 2.33. The number of halogens is 4. The zero-order valence-electron chi connectivity index (χ0n) is 13.5. The van der Waals surface area contributed by atoms with Crippen LogP contribution in [0.25, 0.3) is 0 Å². The molecule has 0 bridgehead atoms. The third-order valence-corrected chi connectivity index (χ3v) is 4.06. The molecular formula is C16H23F3IN3. The van der Waals surface area contributed by atoms with Crippen molar-refractivity contribution < 1.29 is 13.2 Å². The van der Waals surface area contributed by atoms with Gasteiger partial charge in [-0.1, -0.05) is 32.0 Å². The molecule has 130 valence electrons. The number of hydrogen-bond acceptors (Lipinski definition) is 1. The van der Waals surface area contributed by atoms with Crippen LogP contribution in [-0.2, 0) is 11.6 Å². The molecule has 0 spiro atoms. The normalized spacial score (nSPS) is 16.0. The molecule has 1 aliphatic carbocycles. The fourth-order valence-electron chi connectivity index (χ4n) is 2.25. The van der Waals surface area contributed by atoms with Gasteiger partial charge in [0.15, 0.2) is 5.96 Å². The Bertz CT molecular complexity index is 566. The average Bonchev–Trinajstić information content (AvgIpc) is 3.28. The molecule has 0 amide bonds. The summed E-state index contributed by atoms with van der Waals surface area (Å²) in [6, 6.07) is 5.86. The lowest BCUT2D eigenvalue weighted by molar-refractivity contribution is -0.137. The molecule has 0 saturated heterocycles. The van der Waals surface area contributed by atoms with Gasteiger partial charge in [-0.05, 0) is 24.5 Å². The molecule has 1 fully saturated rings. The van der Waals surface area contributed by atoms with Crippen molar-refractivity contribution in [2.45, 2.75) is 44.3 Å². The predicted octanol–water partition coefficient (Wildman–Crippen LogP) is 4.01. The second kappa shape index (κ2) is 7.27. The molecule has 2 N–H and O–H groups in total. The van der Waals surface area contributed by atoms with Gasteiger partial charge in [0.2, 0.25) is 0 Å². The first-order valence-electron chi connectivity index (χ1n) is 7.32. The van der Waals surface area contributed by atoms with E-state index < -0.39 is 17.2 Å². The first kappa shape index (κ1) is 20.1. The lowest BCUT2D eigenvalue weighted by atomic mass is 9.84. The van der Waals surface area contributed by atoms with Crippen molar-refractivity contribution in [3.8, 4) is 0 Å². The van der Waals surface area contributed by atoms with Crippen molar-refractivity contribution in [2.75, 3.05) is 13.6 Å². The van der Waals surface area contributed by atoms with E-state index in [9.17, 15) is 13.2 Å². The number of aliphatic imine (C=N–C) groups is 1. The van der Waals surface area contributed by atoms with Crippen LogP contribution in [0, 0.1) is 0 Å². The van der Waals surface area contributed by atoms with Crippen molar-refractivity contribution in [3.63, 3.8) is 0 Å². The number of benzene rings is 1. The minimum atomic E-state index is -4.33. The number of rotatable bonds is 4. The van der Waals surface area contributed by atoms with E-state index in [0.717, 1.165) is 18.9 Å². The van der Waals surface area contributed by atoms with Crippen LogP contribution in [0.5, 0.6) is 0 Å². The highest BCUT2D eigenvalue weighted by atomic mass is 127. The smallest absolute Gasteiger partial charge is 0.370 e. The van der Waals surface area contributed by atoms with Crippen LogP contribution in [0.1, 0.15) is 37.8 Å². The van der Waals surface area contributed by atoms with Crippen LogP contribution in [0.4, 0.5) is 13.2 Å². The van der Waals surface area contributed by atoms with E-state index in [1.807, 2.05) is 25.8 Å². The molecule has 7 heteroatoms. The van der Waals surface area contributed by atoms with Crippen LogP contribution >= 0.6 is 24.0 Å². The van der Waals surface area contributed by atoms with E-state index in [-0.39, 0.29) is 24.0 Å². The molecule has 0 heterocycles. The molecular weight excluding hydrogens is 418 g/mol. The van der Waals surface area contributed by atoms with Crippen LogP contribution < -0.4 is 5.73 Å². The molecule has 2 rings (SSSR count). The summed E-state index contributed by atoms with van der Waals surface area (Å²) in [6.07, 6.45) is -2.10. The quantitative estimate of drug-likeness (QED) is 0.436. The zero-order valence-corrected chi connectivity index (χ0v) is 15.9.